The zero-order valence-corrected chi connectivity index (χ0v) is 12.6. The summed E-state index contributed by atoms with van der Waals surface area (Å²) < 4.78 is 4.28. The van der Waals surface area contributed by atoms with Crippen LogP contribution in [0.4, 0.5) is 0 Å². The van der Waals surface area contributed by atoms with E-state index in [1.165, 1.54) is 11.2 Å². The van der Waals surface area contributed by atoms with Crippen molar-refractivity contribution in [3.8, 4) is 0 Å². The van der Waals surface area contributed by atoms with Crippen LogP contribution in [0.2, 0.25) is 0 Å². The lowest BCUT2D eigenvalue weighted by molar-refractivity contribution is 0.555. The molecule has 0 aliphatic rings. The predicted octanol–water partition coefficient (Wildman–Crippen LogP) is 2.35. The van der Waals surface area contributed by atoms with E-state index >= 15 is 0 Å². The standard InChI is InChI=1S/C16H21N5/c1-3-21-14(8-9-18-21)12-17-10-11-20-13(2)19-15-6-4-5-7-16(15)20/h4-9,17H,3,10-12H2,1-2H3. The Morgan fingerprint density at radius 3 is 2.90 bits per heavy atom. The third-order valence-electron chi connectivity index (χ3n) is 3.77. The Kier molecular flexibility index (Phi) is 4.01. The van der Waals surface area contributed by atoms with Gasteiger partial charge in [0, 0.05) is 32.4 Å². The Bertz CT molecular complexity index is 725. The smallest absolute Gasteiger partial charge is 0.106 e. The summed E-state index contributed by atoms with van der Waals surface area (Å²) in [6, 6.07) is 10.3. The lowest BCUT2D eigenvalue weighted by atomic mass is 10.3. The molecule has 5 heteroatoms. The van der Waals surface area contributed by atoms with Crippen LogP contribution in [-0.2, 0) is 19.6 Å². The normalized spacial score (nSPS) is 11.3. The maximum absolute atomic E-state index is 4.59. The second-order valence-corrected chi connectivity index (χ2v) is 5.11. The molecule has 0 bridgehead atoms. The first kappa shape index (κ1) is 13.8. The highest BCUT2D eigenvalue weighted by Gasteiger charge is 2.06. The van der Waals surface area contributed by atoms with Crippen LogP contribution in [0.1, 0.15) is 18.4 Å². The number of nitrogens with one attached hydrogen (secondary N) is 1. The van der Waals surface area contributed by atoms with Gasteiger partial charge < -0.3 is 9.88 Å². The molecule has 1 aromatic carbocycles. The summed E-state index contributed by atoms with van der Waals surface area (Å²) in [4.78, 5) is 4.59. The first-order valence-electron chi connectivity index (χ1n) is 7.43. The molecule has 0 aliphatic heterocycles. The molecule has 0 atom stereocenters. The highest BCUT2D eigenvalue weighted by molar-refractivity contribution is 5.75. The van der Waals surface area contributed by atoms with Crippen LogP contribution in [0.15, 0.2) is 36.5 Å². The number of aromatic nitrogens is 4. The molecule has 0 saturated carbocycles. The van der Waals surface area contributed by atoms with E-state index in [2.05, 4.69) is 58.1 Å². The lowest BCUT2D eigenvalue weighted by Gasteiger charge is -2.09. The molecule has 0 aliphatic carbocycles. The molecule has 0 radical (unpaired) electrons. The number of para-hydroxylation sites is 2. The summed E-state index contributed by atoms with van der Waals surface area (Å²) >= 11 is 0. The second kappa shape index (κ2) is 6.10. The van der Waals surface area contributed by atoms with Crippen molar-refractivity contribution in [1.29, 1.82) is 0 Å². The first-order chi connectivity index (χ1) is 10.3. The van der Waals surface area contributed by atoms with Crippen molar-refractivity contribution in [2.75, 3.05) is 6.54 Å². The van der Waals surface area contributed by atoms with Gasteiger partial charge in [0.1, 0.15) is 5.82 Å². The van der Waals surface area contributed by atoms with E-state index in [1.807, 2.05) is 16.9 Å². The van der Waals surface area contributed by atoms with E-state index in [-0.39, 0.29) is 0 Å². The minimum Gasteiger partial charge on any atom is -0.327 e. The molecular formula is C16H21N5. The predicted molar refractivity (Wildman–Crippen MR) is 84.1 cm³/mol. The molecule has 0 saturated heterocycles. The van der Waals surface area contributed by atoms with Crippen molar-refractivity contribution in [3.63, 3.8) is 0 Å². The molecule has 0 amide bonds. The number of benzene rings is 1. The number of rotatable bonds is 6. The Balaban J connectivity index is 1.61. The van der Waals surface area contributed by atoms with Crippen molar-refractivity contribution in [1.82, 2.24) is 24.6 Å². The summed E-state index contributed by atoms with van der Waals surface area (Å²) in [5.74, 6) is 1.07. The molecule has 5 nitrogen and oxygen atoms in total. The van der Waals surface area contributed by atoms with Crippen LogP contribution in [0.3, 0.4) is 0 Å². The van der Waals surface area contributed by atoms with Gasteiger partial charge in [-0.3, -0.25) is 4.68 Å². The van der Waals surface area contributed by atoms with Crippen LogP contribution >= 0.6 is 0 Å². The van der Waals surface area contributed by atoms with Crippen molar-refractivity contribution in [2.45, 2.75) is 33.5 Å². The van der Waals surface area contributed by atoms with E-state index in [0.29, 0.717) is 0 Å². The van der Waals surface area contributed by atoms with Crippen molar-refractivity contribution < 1.29 is 0 Å². The topological polar surface area (TPSA) is 47.7 Å². The van der Waals surface area contributed by atoms with Gasteiger partial charge in [0.05, 0.1) is 16.7 Å². The van der Waals surface area contributed by atoms with Gasteiger partial charge in [0.25, 0.3) is 0 Å². The largest absolute Gasteiger partial charge is 0.327 e. The van der Waals surface area contributed by atoms with Gasteiger partial charge in [-0.25, -0.2) is 4.98 Å². The van der Waals surface area contributed by atoms with Crippen LogP contribution in [0.25, 0.3) is 11.0 Å². The number of hydrogen-bond donors (Lipinski definition) is 1. The lowest BCUT2D eigenvalue weighted by Crippen LogP contribution is -2.21. The van der Waals surface area contributed by atoms with E-state index in [0.717, 1.165) is 37.5 Å². The molecular weight excluding hydrogens is 262 g/mol. The van der Waals surface area contributed by atoms with Gasteiger partial charge in [0.2, 0.25) is 0 Å². The summed E-state index contributed by atoms with van der Waals surface area (Å²) in [6.45, 7) is 7.77. The number of hydrogen-bond acceptors (Lipinski definition) is 3. The zero-order chi connectivity index (χ0) is 14.7. The number of imidazole rings is 1. The van der Waals surface area contributed by atoms with Gasteiger partial charge in [-0.2, -0.15) is 5.10 Å². The molecule has 3 rings (SSSR count). The highest BCUT2D eigenvalue weighted by Crippen LogP contribution is 2.14. The summed E-state index contributed by atoms with van der Waals surface area (Å²) in [6.07, 6.45) is 1.86. The van der Waals surface area contributed by atoms with Crippen LogP contribution in [-0.4, -0.2) is 25.9 Å². The van der Waals surface area contributed by atoms with Crippen molar-refractivity contribution >= 4 is 11.0 Å². The van der Waals surface area contributed by atoms with Crippen molar-refractivity contribution in [3.05, 3.63) is 48.0 Å². The minimum atomic E-state index is 0.847. The molecule has 2 heterocycles. The van der Waals surface area contributed by atoms with E-state index in [1.54, 1.807) is 0 Å². The molecule has 0 fully saturated rings. The molecule has 2 aromatic heterocycles. The zero-order valence-electron chi connectivity index (χ0n) is 12.6. The van der Waals surface area contributed by atoms with E-state index in [4.69, 9.17) is 0 Å². The second-order valence-electron chi connectivity index (χ2n) is 5.11. The number of aryl methyl sites for hydroxylation is 2. The average Bonchev–Trinajstić information content (AvgIpc) is 3.07. The maximum atomic E-state index is 4.59. The molecule has 21 heavy (non-hydrogen) atoms. The highest BCUT2D eigenvalue weighted by atomic mass is 15.3. The Hall–Kier alpha value is -2.14. The molecule has 0 unspecified atom stereocenters. The summed E-state index contributed by atoms with van der Waals surface area (Å²) in [5.41, 5.74) is 3.50. The van der Waals surface area contributed by atoms with Gasteiger partial charge in [-0.15, -0.1) is 0 Å². The summed E-state index contributed by atoms with van der Waals surface area (Å²) in [7, 11) is 0. The van der Waals surface area contributed by atoms with Crippen LogP contribution in [0, 0.1) is 6.92 Å². The first-order valence-corrected chi connectivity index (χ1v) is 7.43. The monoisotopic (exact) mass is 283 g/mol. The molecule has 1 N–H and O–H groups in total. The van der Waals surface area contributed by atoms with Crippen molar-refractivity contribution in [2.24, 2.45) is 0 Å². The fraction of sp³-hybridized carbons (Fsp3) is 0.375. The molecule has 110 valence electrons. The fourth-order valence-electron chi connectivity index (χ4n) is 2.68. The number of nitrogens with zero attached hydrogens (tertiary/aromatic N) is 4. The minimum absolute atomic E-state index is 0.847. The quantitative estimate of drug-likeness (QED) is 0.706. The van der Waals surface area contributed by atoms with Crippen LogP contribution < -0.4 is 5.32 Å². The van der Waals surface area contributed by atoms with Gasteiger partial charge in [-0.1, -0.05) is 12.1 Å². The Labute approximate surface area is 124 Å². The Morgan fingerprint density at radius 2 is 2.05 bits per heavy atom. The van der Waals surface area contributed by atoms with Gasteiger partial charge in [-0.05, 0) is 32.0 Å². The van der Waals surface area contributed by atoms with E-state index in [9.17, 15) is 0 Å². The maximum Gasteiger partial charge on any atom is 0.106 e. The SMILES string of the molecule is CCn1nccc1CNCCn1c(C)nc2ccccc21. The van der Waals surface area contributed by atoms with E-state index < -0.39 is 0 Å². The molecule has 0 spiro atoms. The van der Waals surface area contributed by atoms with Gasteiger partial charge >= 0.3 is 0 Å². The fourth-order valence-corrected chi connectivity index (χ4v) is 2.68. The molecule has 3 aromatic rings. The third-order valence-corrected chi connectivity index (χ3v) is 3.77. The van der Waals surface area contributed by atoms with Gasteiger partial charge in [0.15, 0.2) is 0 Å². The summed E-state index contributed by atoms with van der Waals surface area (Å²) in [5, 5.41) is 7.76. The Morgan fingerprint density at radius 1 is 1.19 bits per heavy atom. The number of fused-ring (bicyclic) bond motifs is 1. The average molecular weight is 283 g/mol. The van der Waals surface area contributed by atoms with Crippen LogP contribution in [0.5, 0.6) is 0 Å². The third kappa shape index (κ3) is 2.83.